The molecule has 2 heteroatoms. The number of fused-ring (bicyclic) bond motifs is 2. The van der Waals surface area contributed by atoms with E-state index in [0.717, 1.165) is 43.8 Å². The van der Waals surface area contributed by atoms with Crippen LogP contribution in [0, 0.1) is 6.92 Å². The highest BCUT2D eigenvalue weighted by atomic mass is 35.5. The van der Waals surface area contributed by atoms with Gasteiger partial charge in [-0.25, -0.2) is 0 Å². The SMILES string of the molecule is Cc1ccc2c(c1)CCc1cc(Cl)ccc1C2=C1CCNCC1. The van der Waals surface area contributed by atoms with Gasteiger partial charge in [0.1, 0.15) is 0 Å². The maximum absolute atomic E-state index is 6.27. The van der Waals surface area contributed by atoms with E-state index in [0.29, 0.717) is 0 Å². The molecule has 118 valence electrons. The lowest BCUT2D eigenvalue weighted by Crippen LogP contribution is -2.24. The van der Waals surface area contributed by atoms with Crippen LogP contribution in [-0.2, 0) is 12.8 Å². The Morgan fingerprint density at radius 2 is 1.48 bits per heavy atom. The summed E-state index contributed by atoms with van der Waals surface area (Å²) in [6.45, 7) is 4.36. The lowest BCUT2D eigenvalue weighted by Gasteiger charge is -2.22. The van der Waals surface area contributed by atoms with Crippen LogP contribution in [0.5, 0.6) is 0 Å². The smallest absolute Gasteiger partial charge is 0.0409 e. The summed E-state index contributed by atoms with van der Waals surface area (Å²) >= 11 is 6.27. The Balaban J connectivity index is 1.98. The minimum Gasteiger partial charge on any atom is -0.316 e. The van der Waals surface area contributed by atoms with Gasteiger partial charge in [-0.3, -0.25) is 0 Å². The lowest BCUT2D eigenvalue weighted by molar-refractivity contribution is 0.611. The van der Waals surface area contributed by atoms with Crippen LogP contribution in [0.3, 0.4) is 0 Å². The zero-order valence-corrected chi connectivity index (χ0v) is 14.3. The molecule has 4 rings (SSSR count). The van der Waals surface area contributed by atoms with Crippen LogP contribution in [0.1, 0.15) is 40.7 Å². The molecule has 1 N–H and O–H groups in total. The molecule has 0 bridgehead atoms. The summed E-state index contributed by atoms with van der Waals surface area (Å²) in [7, 11) is 0. The van der Waals surface area contributed by atoms with Crippen LogP contribution in [-0.4, -0.2) is 13.1 Å². The Kier molecular flexibility index (Phi) is 4.00. The standard InChI is InChI=1S/C21H22ClN/c1-14-2-6-19-16(12-14)3-4-17-13-18(22)5-7-20(17)21(19)15-8-10-23-11-9-15/h2,5-7,12-13,23H,3-4,8-11H2,1H3. The third-order valence-corrected chi connectivity index (χ3v) is 5.33. The Hall–Kier alpha value is -1.57. The van der Waals surface area contributed by atoms with Gasteiger partial charge in [-0.05, 0) is 85.7 Å². The molecule has 0 unspecified atom stereocenters. The molecule has 0 aromatic heterocycles. The van der Waals surface area contributed by atoms with Crippen molar-refractivity contribution in [3.05, 3.63) is 74.8 Å². The Morgan fingerprint density at radius 3 is 2.22 bits per heavy atom. The van der Waals surface area contributed by atoms with Crippen LogP contribution in [0.4, 0.5) is 0 Å². The van der Waals surface area contributed by atoms with Gasteiger partial charge in [0.2, 0.25) is 0 Å². The van der Waals surface area contributed by atoms with Gasteiger partial charge >= 0.3 is 0 Å². The van der Waals surface area contributed by atoms with Crippen LogP contribution in [0.15, 0.2) is 42.0 Å². The number of nitrogens with one attached hydrogen (secondary N) is 1. The molecule has 23 heavy (non-hydrogen) atoms. The molecule has 1 nitrogen and oxygen atoms in total. The molecule has 0 saturated carbocycles. The van der Waals surface area contributed by atoms with E-state index in [9.17, 15) is 0 Å². The minimum atomic E-state index is 0.848. The number of hydrogen-bond acceptors (Lipinski definition) is 1. The lowest BCUT2D eigenvalue weighted by atomic mass is 9.86. The number of halogens is 1. The van der Waals surface area contributed by atoms with E-state index in [4.69, 9.17) is 11.6 Å². The molecule has 2 aliphatic rings. The third kappa shape index (κ3) is 2.84. The van der Waals surface area contributed by atoms with Crippen molar-refractivity contribution < 1.29 is 0 Å². The number of piperidine rings is 1. The second-order valence-electron chi connectivity index (χ2n) is 6.69. The summed E-state index contributed by atoms with van der Waals surface area (Å²) in [6.07, 6.45) is 4.45. The maximum atomic E-state index is 6.27. The van der Waals surface area contributed by atoms with Crippen LogP contribution >= 0.6 is 11.6 Å². The van der Waals surface area contributed by atoms with Gasteiger partial charge in [0.15, 0.2) is 0 Å². The van der Waals surface area contributed by atoms with Crippen molar-refractivity contribution in [2.45, 2.75) is 32.6 Å². The predicted molar refractivity (Wildman–Crippen MR) is 98.2 cm³/mol. The quantitative estimate of drug-likeness (QED) is 0.724. The highest BCUT2D eigenvalue weighted by Gasteiger charge is 2.22. The van der Waals surface area contributed by atoms with Crippen molar-refractivity contribution >= 4 is 17.2 Å². The fraction of sp³-hybridized carbons (Fsp3) is 0.333. The first-order valence-electron chi connectivity index (χ1n) is 8.54. The van der Waals surface area contributed by atoms with Gasteiger partial charge in [0.25, 0.3) is 0 Å². The van der Waals surface area contributed by atoms with E-state index >= 15 is 0 Å². The molecule has 1 saturated heterocycles. The van der Waals surface area contributed by atoms with Crippen molar-refractivity contribution in [1.82, 2.24) is 5.32 Å². The molecule has 0 amide bonds. The Bertz CT molecular complexity index is 725. The van der Waals surface area contributed by atoms with Crippen LogP contribution < -0.4 is 5.32 Å². The van der Waals surface area contributed by atoms with Crippen molar-refractivity contribution in [3.63, 3.8) is 0 Å². The van der Waals surface area contributed by atoms with Crippen molar-refractivity contribution in [2.24, 2.45) is 0 Å². The molecule has 0 spiro atoms. The first kappa shape index (κ1) is 15.0. The van der Waals surface area contributed by atoms with Crippen LogP contribution in [0.25, 0.3) is 5.57 Å². The summed E-state index contributed by atoms with van der Waals surface area (Å²) in [5.74, 6) is 0. The fourth-order valence-electron chi connectivity index (χ4n) is 3.96. The number of hydrogen-bond donors (Lipinski definition) is 1. The topological polar surface area (TPSA) is 12.0 Å². The third-order valence-electron chi connectivity index (χ3n) is 5.09. The fourth-order valence-corrected chi connectivity index (χ4v) is 4.15. The zero-order valence-electron chi connectivity index (χ0n) is 13.6. The highest BCUT2D eigenvalue weighted by Crippen LogP contribution is 2.39. The molecule has 0 radical (unpaired) electrons. The summed E-state index contributed by atoms with van der Waals surface area (Å²) in [4.78, 5) is 0. The molecule has 2 aromatic carbocycles. The number of benzene rings is 2. The van der Waals surface area contributed by atoms with Gasteiger partial charge in [-0.1, -0.05) is 47.0 Å². The second kappa shape index (κ2) is 6.14. The molecule has 2 aromatic rings. The maximum Gasteiger partial charge on any atom is 0.0409 e. The van der Waals surface area contributed by atoms with E-state index < -0.39 is 0 Å². The first-order valence-corrected chi connectivity index (χ1v) is 8.91. The molecule has 1 aliphatic carbocycles. The predicted octanol–water partition coefficient (Wildman–Crippen LogP) is 4.93. The summed E-state index contributed by atoms with van der Waals surface area (Å²) in [5.41, 5.74) is 10.1. The average molecular weight is 324 g/mol. The van der Waals surface area contributed by atoms with E-state index in [1.807, 2.05) is 6.07 Å². The summed E-state index contributed by atoms with van der Waals surface area (Å²) < 4.78 is 0. The summed E-state index contributed by atoms with van der Waals surface area (Å²) in [5, 5.41) is 4.33. The van der Waals surface area contributed by atoms with Gasteiger partial charge in [-0.15, -0.1) is 0 Å². The summed E-state index contributed by atoms with van der Waals surface area (Å²) in [6, 6.07) is 13.4. The molecule has 1 heterocycles. The number of rotatable bonds is 0. The van der Waals surface area contributed by atoms with Crippen molar-refractivity contribution in [3.8, 4) is 0 Å². The monoisotopic (exact) mass is 323 g/mol. The van der Waals surface area contributed by atoms with Gasteiger partial charge in [0.05, 0.1) is 0 Å². The number of aryl methyl sites for hydroxylation is 3. The largest absolute Gasteiger partial charge is 0.316 e. The normalized spacial score (nSPS) is 17.5. The first-order chi connectivity index (χ1) is 11.2. The molecule has 0 atom stereocenters. The van der Waals surface area contributed by atoms with Crippen molar-refractivity contribution in [2.75, 3.05) is 13.1 Å². The minimum absolute atomic E-state index is 0.848. The van der Waals surface area contributed by atoms with E-state index in [2.05, 4.69) is 42.6 Å². The Morgan fingerprint density at radius 1 is 0.826 bits per heavy atom. The van der Waals surface area contributed by atoms with Gasteiger partial charge in [-0.2, -0.15) is 0 Å². The highest BCUT2D eigenvalue weighted by molar-refractivity contribution is 6.30. The van der Waals surface area contributed by atoms with Gasteiger partial charge < -0.3 is 5.32 Å². The average Bonchev–Trinajstić information content (AvgIpc) is 2.72. The van der Waals surface area contributed by atoms with E-state index in [1.165, 1.54) is 33.4 Å². The van der Waals surface area contributed by atoms with Crippen LogP contribution in [0.2, 0.25) is 5.02 Å². The van der Waals surface area contributed by atoms with E-state index in [1.54, 1.807) is 5.57 Å². The van der Waals surface area contributed by atoms with Gasteiger partial charge in [0, 0.05) is 5.02 Å². The molecule has 1 fully saturated rings. The van der Waals surface area contributed by atoms with Crippen molar-refractivity contribution in [1.29, 1.82) is 0 Å². The van der Waals surface area contributed by atoms with E-state index in [-0.39, 0.29) is 0 Å². The molecule has 1 aliphatic heterocycles. The molecular formula is C21H22ClN. The second-order valence-corrected chi connectivity index (χ2v) is 7.13. The zero-order chi connectivity index (χ0) is 15.8. The molecular weight excluding hydrogens is 302 g/mol. The Labute approximate surface area is 143 Å².